The largest absolute Gasteiger partial charge is 0.481 e. The predicted molar refractivity (Wildman–Crippen MR) is 109 cm³/mol. The van der Waals surface area contributed by atoms with Crippen LogP contribution in [-0.2, 0) is 22.2 Å². The molecular weight excluding hydrogens is 457 g/mol. The molecular formula is C20H16ClF3N2O4S. The lowest BCUT2D eigenvalue weighted by molar-refractivity contribution is -0.140. The summed E-state index contributed by atoms with van der Waals surface area (Å²) in [7, 11) is 1.43. The number of aromatic nitrogens is 1. The minimum atomic E-state index is -4.54. The van der Waals surface area contributed by atoms with Crippen molar-refractivity contribution in [2.45, 2.75) is 19.0 Å². The first-order valence-electron chi connectivity index (χ1n) is 8.90. The van der Waals surface area contributed by atoms with Crippen molar-refractivity contribution in [3.63, 3.8) is 0 Å². The van der Waals surface area contributed by atoms with Crippen LogP contribution >= 0.6 is 22.9 Å². The Morgan fingerprint density at radius 1 is 1.32 bits per heavy atom. The van der Waals surface area contributed by atoms with Crippen LogP contribution in [0.4, 0.5) is 18.3 Å². The zero-order valence-corrected chi connectivity index (χ0v) is 17.6. The summed E-state index contributed by atoms with van der Waals surface area (Å²) >= 11 is 7.09. The highest BCUT2D eigenvalue weighted by molar-refractivity contribution is 7.14. The fourth-order valence-corrected chi connectivity index (χ4v) is 3.95. The number of amides is 1. The molecule has 1 amide bonds. The first kappa shape index (κ1) is 22.8. The predicted octanol–water partition coefficient (Wildman–Crippen LogP) is 5.37. The molecule has 0 aliphatic heterocycles. The second-order valence-corrected chi connectivity index (χ2v) is 7.93. The molecule has 0 bridgehead atoms. The first-order valence-corrected chi connectivity index (χ1v) is 10.2. The summed E-state index contributed by atoms with van der Waals surface area (Å²) < 4.78 is 44.3. The number of carbonyl (C=O) groups is 2. The second-order valence-electron chi connectivity index (χ2n) is 6.68. The van der Waals surface area contributed by atoms with Crippen molar-refractivity contribution in [3.05, 3.63) is 58.3 Å². The molecule has 1 atom stereocenters. The van der Waals surface area contributed by atoms with E-state index >= 15 is 0 Å². The summed E-state index contributed by atoms with van der Waals surface area (Å²) in [5, 5.41) is 10.9. The fraction of sp³-hybridized carbons (Fsp3) is 0.250. The molecule has 3 aromatic rings. The Hall–Kier alpha value is -2.85. The van der Waals surface area contributed by atoms with Gasteiger partial charge in [0.2, 0.25) is 5.91 Å². The van der Waals surface area contributed by atoms with Crippen molar-refractivity contribution < 1.29 is 32.3 Å². The smallest absolute Gasteiger partial charge is 0.416 e. The van der Waals surface area contributed by atoms with E-state index in [0.29, 0.717) is 5.76 Å². The summed E-state index contributed by atoms with van der Waals surface area (Å²) in [6, 6.07) is 6.18. The normalized spacial score (nSPS) is 12.5. The summed E-state index contributed by atoms with van der Waals surface area (Å²) in [6.07, 6.45) is -3.45. The van der Waals surface area contributed by atoms with Gasteiger partial charge in [0.05, 0.1) is 34.9 Å². The maximum Gasteiger partial charge on any atom is 0.416 e. The van der Waals surface area contributed by atoms with Gasteiger partial charge in [0.15, 0.2) is 5.13 Å². The van der Waals surface area contributed by atoms with Gasteiger partial charge in [-0.1, -0.05) is 11.6 Å². The van der Waals surface area contributed by atoms with Crippen molar-refractivity contribution in [1.82, 2.24) is 4.98 Å². The molecule has 0 saturated carbocycles. The highest BCUT2D eigenvalue weighted by atomic mass is 35.5. The number of alkyl halides is 3. The third-order valence-electron chi connectivity index (χ3n) is 4.48. The Morgan fingerprint density at radius 3 is 2.68 bits per heavy atom. The van der Waals surface area contributed by atoms with Crippen LogP contribution in [0.5, 0.6) is 0 Å². The molecule has 0 saturated heterocycles. The Morgan fingerprint density at radius 2 is 2.06 bits per heavy atom. The minimum absolute atomic E-state index is 0.0810. The van der Waals surface area contributed by atoms with E-state index < -0.39 is 36.0 Å². The molecule has 0 radical (unpaired) electrons. The van der Waals surface area contributed by atoms with Gasteiger partial charge in [-0.15, -0.1) is 11.3 Å². The van der Waals surface area contributed by atoms with E-state index in [-0.39, 0.29) is 27.8 Å². The Balaban J connectivity index is 1.85. The van der Waals surface area contributed by atoms with Gasteiger partial charge in [0, 0.05) is 24.4 Å². The van der Waals surface area contributed by atoms with Gasteiger partial charge in [0.1, 0.15) is 5.76 Å². The quantitative estimate of drug-likeness (QED) is 0.499. The van der Waals surface area contributed by atoms with Crippen LogP contribution in [0.25, 0.3) is 11.3 Å². The van der Waals surface area contributed by atoms with E-state index in [1.807, 2.05) is 0 Å². The number of benzene rings is 1. The Labute approximate surface area is 183 Å². The van der Waals surface area contributed by atoms with Crippen molar-refractivity contribution in [2.75, 3.05) is 11.9 Å². The van der Waals surface area contributed by atoms with Gasteiger partial charge < -0.3 is 9.52 Å². The number of thiazole rings is 1. The molecule has 1 aromatic carbocycles. The van der Waals surface area contributed by atoms with Gasteiger partial charge in [-0.05, 0) is 30.3 Å². The number of anilines is 1. The van der Waals surface area contributed by atoms with Crippen LogP contribution in [0, 0.1) is 5.92 Å². The molecule has 1 unspecified atom stereocenters. The number of carboxylic acid groups (broad SMARTS) is 1. The number of furan rings is 1. The summed E-state index contributed by atoms with van der Waals surface area (Å²) in [5.41, 5.74) is -0.611. The number of hydrogen-bond donors (Lipinski definition) is 1. The number of nitrogens with zero attached hydrogens (tertiary/aromatic N) is 2. The topological polar surface area (TPSA) is 83.6 Å². The van der Waals surface area contributed by atoms with Crippen LogP contribution in [0.15, 0.2) is 46.4 Å². The van der Waals surface area contributed by atoms with Crippen molar-refractivity contribution in [2.24, 2.45) is 5.92 Å². The number of hydrogen-bond acceptors (Lipinski definition) is 5. The standard InChI is InChI=1S/C20H16ClF3N2O4S/c1-26(18(29)11(8-17(27)28)7-13-3-2-6-30-13)19-25-16(10-31-19)14-9-12(20(22,23)24)4-5-15(14)21/h2-6,9-11H,7-8H2,1H3,(H,27,28). The minimum Gasteiger partial charge on any atom is -0.481 e. The fourth-order valence-electron chi connectivity index (χ4n) is 2.94. The highest BCUT2D eigenvalue weighted by Gasteiger charge is 2.32. The molecule has 2 aromatic heterocycles. The van der Waals surface area contributed by atoms with Crippen molar-refractivity contribution in [1.29, 1.82) is 0 Å². The Bertz CT molecular complexity index is 1080. The average Bonchev–Trinajstić information content (AvgIpc) is 3.37. The van der Waals surface area contributed by atoms with Gasteiger partial charge >= 0.3 is 12.1 Å². The highest BCUT2D eigenvalue weighted by Crippen LogP contribution is 2.37. The van der Waals surface area contributed by atoms with E-state index in [1.54, 1.807) is 12.1 Å². The second kappa shape index (κ2) is 9.11. The van der Waals surface area contributed by atoms with Crippen molar-refractivity contribution in [3.8, 4) is 11.3 Å². The number of carbonyl (C=O) groups excluding carboxylic acids is 1. The molecule has 0 aliphatic rings. The molecule has 0 fully saturated rings. The molecule has 0 spiro atoms. The molecule has 3 rings (SSSR count). The summed E-state index contributed by atoms with van der Waals surface area (Å²) in [4.78, 5) is 29.6. The van der Waals surface area contributed by atoms with Gasteiger partial charge in [0.25, 0.3) is 0 Å². The van der Waals surface area contributed by atoms with Crippen LogP contribution in [0.1, 0.15) is 17.7 Å². The lowest BCUT2D eigenvalue weighted by atomic mass is 9.98. The zero-order chi connectivity index (χ0) is 22.8. The van der Waals surface area contributed by atoms with E-state index in [2.05, 4.69) is 4.98 Å². The van der Waals surface area contributed by atoms with Gasteiger partial charge in [-0.25, -0.2) is 4.98 Å². The van der Waals surface area contributed by atoms with Gasteiger partial charge in [-0.3, -0.25) is 14.5 Å². The maximum absolute atomic E-state index is 13.0. The van der Waals surface area contributed by atoms with Crippen LogP contribution in [0.3, 0.4) is 0 Å². The molecule has 11 heteroatoms. The van der Waals surface area contributed by atoms with E-state index in [0.717, 1.165) is 29.5 Å². The summed E-state index contributed by atoms with van der Waals surface area (Å²) in [5.74, 6) is -2.09. The van der Waals surface area contributed by atoms with Crippen molar-refractivity contribution >= 4 is 39.9 Å². The third kappa shape index (κ3) is 5.45. The number of rotatable bonds is 7. The third-order valence-corrected chi connectivity index (χ3v) is 5.72. The monoisotopic (exact) mass is 472 g/mol. The van der Waals surface area contributed by atoms with E-state index in [1.165, 1.54) is 23.6 Å². The summed E-state index contributed by atoms with van der Waals surface area (Å²) in [6.45, 7) is 0. The average molecular weight is 473 g/mol. The van der Waals surface area contributed by atoms with Crippen LogP contribution in [-0.4, -0.2) is 29.0 Å². The first-order chi connectivity index (χ1) is 14.6. The molecule has 164 valence electrons. The molecule has 0 aliphatic carbocycles. The number of halogens is 4. The maximum atomic E-state index is 13.0. The van der Waals surface area contributed by atoms with E-state index in [4.69, 9.17) is 21.1 Å². The number of carboxylic acids is 1. The van der Waals surface area contributed by atoms with E-state index in [9.17, 15) is 22.8 Å². The zero-order valence-electron chi connectivity index (χ0n) is 16.0. The molecule has 6 nitrogen and oxygen atoms in total. The molecule has 31 heavy (non-hydrogen) atoms. The number of aliphatic carboxylic acids is 1. The van der Waals surface area contributed by atoms with Crippen LogP contribution in [0.2, 0.25) is 5.02 Å². The molecule has 1 N–H and O–H groups in total. The lowest BCUT2D eigenvalue weighted by Crippen LogP contribution is -2.35. The Kier molecular flexibility index (Phi) is 6.71. The van der Waals surface area contributed by atoms with Gasteiger partial charge in [-0.2, -0.15) is 13.2 Å². The SMILES string of the molecule is CN(C(=O)C(CC(=O)O)Cc1ccco1)c1nc(-c2cc(C(F)(F)F)ccc2Cl)cs1. The lowest BCUT2D eigenvalue weighted by Gasteiger charge is -2.20. The van der Waals surface area contributed by atoms with Crippen LogP contribution < -0.4 is 4.90 Å². The molecule has 2 heterocycles.